The van der Waals surface area contributed by atoms with Gasteiger partial charge < -0.3 is 9.97 Å². The summed E-state index contributed by atoms with van der Waals surface area (Å²) in [6.07, 6.45) is 5.39. The summed E-state index contributed by atoms with van der Waals surface area (Å²) in [7, 11) is 0. The molecular weight excluding hydrogens is 216 g/mol. The Labute approximate surface area is 97.2 Å². The zero-order valence-corrected chi connectivity index (χ0v) is 8.90. The molecule has 3 N–H and O–H groups in total. The SMILES string of the molecule is O=C1NN=C(c2ccc[nH]2)/C1=C\c1ccc[nH]1. The first-order chi connectivity index (χ1) is 8.34. The smallest absolute Gasteiger partial charge is 0.273 e. The number of hydrogen-bond donors (Lipinski definition) is 3. The van der Waals surface area contributed by atoms with Gasteiger partial charge in [0.15, 0.2) is 0 Å². The van der Waals surface area contributed by atoms with Gasteiger partial charge in [-0.3, -0.25) is 4.79 Å². The molecule has 0 fully saturated rings. The van der Waals surface area contributed by atoms with Crippen LogP contribution in [0.5, 0.6) is 0 Å². The summed E-state index contributed by atoms with van der Waals surface area (Å²) in [6.45, 7) is 0. The van der Waals surface area contributed by atoms with Crippen molar-refractivity contribution in [2.45, 2.75) is 0 Å². The van der Waals surface area contributed by atoms with Crippen LogP contribution in [0.4, 0.5) is 0 Å². The standard InChI is InChI=1S/C12H10N4O/c17-12-9(7-8-3-1-5-13-8)11(15-16-12)10-4-2-6-14-10/h1-7,13-14H,(H,16,17)/b9-7+. The molecule has 0 saturated carbocycles. The van der Waals surface area contributed by atoms with E-state index in [9.17, 15) is 4.79 Å². The Morgan fingerprint density at radius 1 is 1.12 bits per heavy atom. The minimum atomic E-state index is -0.191. The van der Waals surface area contributed by atoms with Gasteiger partial charge >= 0.3 is 0 Å². The maximum Gasteiger partial charge on any atom is 0.273 e. The lowest BCUT2D eigenvalue weighted by atomic mass is 10.1. The van der Waals surface area contributed by atoms with Crippen molar-refractivity contribution >= 4 is 17.7 Å². The number of amides is 1. The molecule has 1 aliphatic heterocycles. The normalized spacial score (nSPS) is 17.3. The van der Waals surface area contributed by atoms with E-state index in [0.29, 0.717) is 11.3 Å². The Hall–Kier alpha value is -2.56. The third kappa shape index (κ3) is 1.67. The quantitative estimate of drug-likeness (QED) is 0.663. The number of aromatic amines is 2. The molecule has 0 atom stereocenters. The fourth-order valence-electron chi connectivity index (χ4n) is 1.74. The lowest BCUT2D eigenvalue weighted by Gasteiger charge is -1.97. The van der Waals surface area contributed by atoms with E-state index in [1.165, 1.54) is 0 Å². The third-order valence-electron chi connectivity index (χ3n) is 2.54. The maximum absolute atomic E-state index is 11.7. The van der Waals surface area contributed by atoms with Crippen molar-refractivity contribution in [3.63, 3.8) is 0 Å². The average molecular weight is 226 g/mol. The largest absolute Gasteiger partial charge is 0.362 e. The minimum absolute atomic E-state index is 0.191. The molecule has 0 bridgehead atoms. The topological polar surface area (TPSA) is 73.0 Å². The van der Waals surface area contributed by atoms with Crippen molar-refractivity contribution in [2.75, 3.05) is 0 Å². The zero-order valence-electron chi connectivity index (χ0n) is 8.90. The first-order valence-corrected chi connectivity index (χ1v) is 5.22. The van der Waals surface area contributed by atoms with E-state index < -0.39 is 0 Å². The number of hydrazone groups is 1. The molecule has 5 nitrogen and oxygen atoms in total. The van der Waals surface area contributed by atoms with Gasteiger partial charge in [0.05, 0.1) is 11.3 Å². The fraction of sp³-hybridized carbons (Fsp3) is 0. The van der Waals surface area contributed by atoms with Crippen molar-refractivity contribution in [1.82, 2.24) is 15.4 Å². The van der Waals surface area contributed by atoms with Crippen LogP contribution in [-0.4, -0.2) is 21.6 Å². The summed E-state index contributed by atoms with van der Waals surface area (Å²) in [5.74, 6) is -0.191. The number of hydrogen-bond acceptors (Lipinski definition) is 2. The molecule has 0 aromatic carbocycles. The number of carbonyl (C=O) groups excluding carboxylic acids is 1. The molecule has 1 amide bonds. The third-order valence-corrected chi connectivity index (χ3v) is 2.54. The summed E-state index contributed by atoms with van der Waals surface area (Å²) in [5, 5.41) is 4.02. The summed E-state index contributed by atoms with van der Waals surface area (Å²) in [5.41, 5.74) is 5.34. The van der Waals surface area contributed by atoms with Crippen LogP contribution in [0, 0.1) is 0 Å². The Bertz CT molecular complexity index is 591. The molecule has 3 rings (SSSR count). The molecule has 0 aliphatic carbocycles. The van der Waals surface area contributed by atoms with Gasteiger partial charge in [-0.1, -0.05) is 0 Å². The van der Waals surface area contributed by atoms with Crippen LogP contribution >= 0.6 is 0 Å². The molecule has 5 heteroatoms. The van der Waals surface area contributed by atoms with Gasteiger partial charge in [-0.05, 0) is 30.3 Å². The van der Waals surface area contributed by atoms with Crippen LogP contribution < -0.4 is 5.43 Å². The Morgan fingerprint density at radius 2 is 1.94 bits per heavy atom. The van der Waals surface area contributed by atoms with E-state index in [1.54, 1.807) is 12.3 Å². The zero-order chi connectivity index (χ0) is 11.7. The molecule has 0 saturated heterocycles. The van der Waals surface area contributed by atoms with E-state index in [2.05, 4.69) is 20.5 Å². The number of aromatic nitrogens is 2. The van der Waals surface area contributed by atoms with Crippen molar-refractivity contribution in [3.8, 4) is 0 Å². The first-order valence-electron chi connectivity index (χ1n) is 5.22. The highest BCUT2D eigenvalue weighted by molar-refractivity contribution is 6.32. The summed E-state index contributed by atoms with van der Waals surface area (Å²) in [6, 6.07) is 7.52. The van der Waals surface area contributed by atoms with Gasteiger partial charge in [-0.2, -0.15) is 5.10 Å². The molecule has 17 heavy (non-hydrogen) atoms. The second-order valence-electron chi connectivity index (χ2n) is 3.67. The van der Waals surface area contributed by atoms with E-state index in [4.69, 9.17) is 0 Å². The van der Waals surface area contributed by atoms with Crippen LogP contribution in [0.25, 0.3) is 6.08 Å². The summed E-state index contributed by atoms with van der Waals surface area (Å²) in [4.78, 5) is 17.7. The van der Waals surface area contributed by atoms with Gasteiger partial charge in [0.2, 0.25) is 0 Å². The monoisotopic (exact) mass is 226 g/mol. The van der Waals surface area contributed by atoms with Gasteiger partial charge in [0.25, 0.3) is 5.91 Å². The Kier molecular flexibility index (Phi) is 2.15. The van der Waals surface area contributed by atoms with E-state index in [1.807, 2.05) is 30.5 Å². The second-order valence-corrected chi connectivity index (χ2v) is 3.67. The minimum Gasteiger partial charge on any atom is -0.362 e. The lowest BCUT2D eigenvalue weighted by Crippen LogP contribution is -2.13. The first kappa shape index (κ1) is 9.65. The van der Waals surface area contributed by atoms with Crippen LogP contribution in [0.3, 0.4) is 0 Å². The predicted octanol–water partition coefficient (Wildman–Crippen LogP) is 1.26. The van der Waals surface area contributed by atoms with Crippen molar-refractivity contribution in [2.24, 2.45) is 5.10 Å². The number of rotatable bonds is 2. The fourth-order valence-corrected chi connectivity index (χ4v) is 1.74. The Morgan fingerprint density at radius 3 is 2.65 bits per heavy atom. The average Bonchev–Trinajstić information content (AvgIpc) is 3.03. The van der Waals surface area contributed by atoms with E-state index in [-0.39, 0.29) is 5.91 Å². The van der Waals surface area contributed by atoms with Crippen LogP contribution in [-0.2, 0) is 4.79 Å². The number of H-pyrrole nitrogens is 2. The molecule has 0 spiro atoms. The molecule has 0 unspecified atom stereocenters. The molecule has 2 aromatic heterocycles. The molecule has 0 radical (unpaired) electrons. The molecule has 84 valence electrons. The summed E-state index contributed by atoms with van der Waals surface area (Å²) < 4.78 is 0. The van der Waals surface area contributed by atoms with Crippen LogP contribution in [0.15, 0.2) is 47.3 Å². The predicted molar refractivity (Wildman–Crippen MR) is 64.2 cm³/mol. The van der Waals surface area contributed by atoms with Crippen LogP contribution in [0.2, 0.25) is 0 Å². The van der Waals surface area contributed by atoms with Gasteiger partial charge in [0, 0.05) is 18.1 Å². The number of nitrogens with one attached hydrogen (secondary N) is 3. The van der Waals surface area contributed by atoms with Gasteiger partial charge in [0.1, 0.15) is 5.71 Å². The highest BCUT2D eigenvalue weighted by Crippen LogP contribution is 2.15. The molecule has 3 heterocycles. The molecule has 1 aliphatic rings. The number of nitrogens with zero attached hydrogens (tertiary/aromatic N) is 1. The Balaban J connectivity index is 2.03. The number of carbonyl (C=O) groups is 1. The maximum atomic E-state index is 11.7. The highest BCUT2D eigenvalue weighted by atomic mass is 16.2. The second kappa shape index (κ2) is 3.79. The van der Waals surface area contributed by atoms with Crippen molar-refractivity contribution in [3.05, 3.63) is 53.6 Å². The van der Waals surface area contributed by atoms with E-state index >= 15 is 0 Å². The lowest BCUT2D eigenvalue weighted by molar-refractivity contribution is -0.116. The van der Waals surface area contributed by atoms with Crippen LogP contribution in [0.1, 0.15) is 11.4 Å². The highest BCUT2D eigenvalue weighted by Gasteiger charge is 2.24. The molecule has 2 aromatic rings. The van der Waals surface area contributed by atoms with Crippen molar-refractivity contribution in [1.29, 1.82) is 0 Å². The molecular formula is C12H10N4O. The van der Waals surface area contributed by atoms with Crippen molar-refractivity contribution < 1.29 is 4.79 Å². The summed E-state index contributed by atoms with van der Waals surface area (Å²) >= 11 is 0. The van der Waals surface area contributed by atoms with Gasteiger partial charge in [-0.15, -0.1) is 0 Å². The van der Waals surface area contributed by atoms with Gasteiger partial charge in [-0.25, -0.2) is 5.43 Å². The van der Waals surface area contributed by atoms with E-state index in [0.717, 1.165) is 11.4 Å².